The van der Waals surface area contributed by atoms with Gasteiger partial charge in [0.2, 0.25) is 0 Å². The molecular weight excluding hydrogens is 262 g/mol. The lowest BCUT2D eigenvalue weighted by atomic mass is 9.79. The second kappa shape index (κ2) is 6.16. The summed E-state index contributed by atoms with van der Waals surface area (Å²) in [5.74, 6) is -1.64. The van der Waals surface area contributed by atoms with E-state index in [4.69, 9.17) is 0 Å². The molecule has 1 aliphatic heterocycles. The molecule has 112 valence electrons. The smallest absolute Gasteiger partial charge is 0.163 e. The first-order valence-corrected chi connectivity index (χ1v) is 6.97. The van der Waals surface area contributed by atoms with Gasteiger partial charge in [0.15, 0.2) is 11.6 Å². The van der Waals surface area contributed by atoms with E-state index in [1.54, 1.807) is 6.07 Å². The first-order chi connectivity index (χ1) is 9.47. The summed E-state index contributed by atoms with van der Waals surface area (Å²) >= 11 is 0. The molecule has 2 N–H and O–H groups in total. The molecule has 0 saturated carbocycles. The van der Waals surface area contributed by atoms with E-state index >= 15 is 0 Å². The molecule has 3 nitrogen and oxygen atoms in total. The van der Waals surface area contributed by atoms with Crippen LogP contribution >= 0.6 is 0 Å². The number of piperazine rings is 1. The van der Waals surface area contributed by atoms with Crippen LogP contribution in [0.5, 0.6) is 0 Å². The number of aliphatic hydroxyl groups is 1. The van der Waals surface area contributed by atoms with Crippen molar-refractivity contribution in [2.75, 3.05) is 32.8 Å². The summed E-state index contributed by atoms with van der Waals surface area (Å²) in [6.45, 7) is 6.81. The van der Waals surface area contributed by atoms with Gasteiger partial charge in [0, 0.05) is 49.8 Å². The van der Waals surface area contributed by atoms with Gasteiger partial charge in [-0.05, 0) is 6.07 Å². The molecule has 1 fully saturated rings. The molecule has 1 aliphatic rings. The molecule has 1 heterocycles. The minimum atomic E-state index is -0.837. The lowest BCUT2D eigenvalue weighted by molar-refractivity contribution is 0.0283. The summed E-state index contributed by atoms with van der Waals surface area (Å²) < 4.78 is 27.7. The standard InChI is InChI=1S/C15H22F2N2O/c1-15(2,10-20)14(19-8-6-18-7-9-19)11-4-3-5-12(16)13(11)17/h3-5,14,18,20H,6-10H2,1-2H3/t14-/m1/s1. The maximum Gasteiger partial charge on any atom is 0.163 e. The number of benzene rings is 1. The summed E-state index contributed by atoms with van der Waals surface area (Å²) in [6, 6.07) is 3.92. The van der Waals surface area contributed by atoms with E-state index in [2.05, 4.69) is 10.2 Å². The Labute approximate surface area is 118 Å². The molecule has 1 aromatic carbocycles. The predicted octanol–water partition coefficient (Wildman–Crippen LogP) is 1.93. The number of halogens is 2. The lowest BCUT2D eigenvalue weighted by Gasteiger charge is -2.43. The fourth-order valence-corrected chi connectivity index (χ4v) is 2.87. The van der Waals surface area contributed by atoms with Gasteiger partial charge >= 0.3 is 0 Å². The van der Waals surface area contributed by atoms with E-state index in [0.29, 0.717) is 5.56 Å². The summed E-state index contributed by atoms with van der Waals surface area (Å²) in [7, 11) is 0. The van der Waals surface area contributed by atoms with Gasteiger partial charge in [-0.2, -0.15) is 0 Å². The average Bonchev–Trinajstić information content (AvgIpc) is 2.45. The zero-order chi connectivity index (χ0) is 14.8. The van der Waals surface area contributed by atoms with Crippen molar-refractivity contribution in [1.82, 2.24) is 10.2 Å². The Bertz CT molecular complexity index is 459. The average molecular weight is 284 g/mol. The molecule has 0 unspecified atom stereocenters. The summed E-state index contributed by atoms with van der Waals surface area (Å²) in [5, 5.41) is 12.9. The second-order valence-electron chi connectivity index (χ2n) is 5.98. The van der Waals surface area contributed by atoms with E-state index in [0.717, 1.165) is 32.2 Å². The Morgan fingerprint density at radius 1 is 1.30 bits per heavy atom. The maximum absolute atomic E-state index is 14.2. The van der Waals surface area contributed by atoms with Gasteiger partial charge in [-0.25, -0.2) is 8.78 Å². The normalized spacial score (nSPS) is 19.1. The molecule has 0 aromatic heterocycles. The number of aliphatic hydroxyl groups excluding tert-OH is 1. The summed E-state index contributed by atoms with van der Waals surface area (Å²) in [6.07, 6.45) is 0. The van der Waals surface area contributed by atoms with Crippen LogP contribution in [-0.4, -0.2) is 42.8 Å². The summed E-state index contributed by atoms with van der Waals surface area (Å²) in [4.78, 5) is 2.12. The van der Waals surface area contributed by atoms with Crippen LogP contribution in [0.15, 0.2) is 18.2 Å². The van der Waals surface area contributed by atoms with Crippen molar-refractivity contribution in [3.63, 3.8) is 0 Å². The number of nitrogens with zero attached hydrogens (tertiary/aromatic N) is 1. The van der Waals surface area contributed by atoms with Crippen molar-refractivity contribution in [3.8, 4) is 0 Å². The highest BCUT2D eigenvalue weighted by Gasteiger charge is 2.37. The summed E-state index contributed by atoms with van der Waals surface area (Å²) in [5.41, 5.74) is -0.225. The van der Waals surface area contributed by atoms with Crippen LogP contribution in [0.3, 0.4) is 0 Å². The molecule has 0 aliphatic carbocycles. The maximum atomic E-state index is 14.2. The van der Waals surface area contributed by atoms with Crippen molar-refractivity contribution in [3.05, 3.63) is 35.4 Å². The first-order valence-electron chi connectivity index (χ1n) is 6.97. The van der Waals surface area contributed by atoms with Crippen molar-refractivity contribution < 1.29 is 13.9 Å². The van der Waals surface area contributed by atoms with Crippen molar-refractivity contribution in [1.29, 1.82) is 0 Å². The molecule has 1 saturated heterocycles. The third-order valence-electron chi connectivity index (χ3n) is 3.94. The van der Waals surface area contributed by atoms with E-state index < -0.39 is 17.0 Å². The van der Waals surface area contributed by atoms with Gasteiger partial charge < -0.3 is 10.4 Å². The molecular formula is C15H22F2N2O. The first kappa shape index (κ1) is 15.4. The van der Waals surface area contributed by atoms with E-state index in [1.165, 1.54) is 6.07 Å². The van der Waals surface area contributed by atoms with Crippen molar-refractivity contribution >= 4 is 0 Å². The van der Waals surface area contributed by atoms with Crippen molar-refractivity contribution in [2.45, 2.75) is 19.9 Å². The van der Waals surface area contributed by atoms with Gasteiger partial charge in [-0.1, -0.05) is 26.0 Å². The van der Waals surface area contributed by atoms with Crippen LogP contribution in [0.2, 0.25) is 0 Å². The Morgan fingerprint density at radius 3 is 2.55 bits per heavy atom. The number of nitrogens with one attached hydrogen (secondary N) is 1. The highest BCUT2D eigenvalue weighted by Crippen LogP contribution is 2.39. The fraction of sp³-hybridized carbons (Fsp3) is 0.600. The minimum absolute atomic E-state index is 0.0858. The molecule has 20 heavy (non-hydrogen) atoms. The molecule has 5 heteroatoms. The second-order valence-corrected chi connectivity index (χ2v) is 5.98. The van der Waals surface area contributed by atoms with Gasteiger partial charge in [0.25, 0.3) is 0 Å². The Balaban J connectivity index is 2.42. The molecule has 2 rings (SSSR count). The SMILES string of the molecule is CC(C)(CO)[C@@H](c1cccc(F)c1F)N1CCNCC1. The van der Waals surface area contributed by atoms with Gasteiger partial charge in [0.05, 0.1) is 0 Å². The van der Waals surface area contributed by atoms with Crippen LogP contribution in [0.25, 0.3) is 0 Å². The van der Waals surface area contributed by atoms with Gasteiger partial charge in [0.1, 0.15) is 0 Å². The minimum Gasteiger partial charge on any atom is -0.396 e. The van der Waals surface area contributed by atoms with Crippen molar-refractivity contribution in [2.24, 2.45) is 5.41 Å². The predicted molar refractivity (Wildman–Crippen MR) is 74.4 cm³/mol. The lowest BCUT2D eigenvalue weighted by Crippen LogP contribution is -2.49. The molecule has 1 atom stereocenters. The van der Waals surface area contributed by atoms with Crippen LogP contribution in [-0.2, 0) is 0 Å². The van der Waals surface area contributed by atoms with E-state index in [9.17, 15) is 13.9 Å². The van der Waals surface area contributed by atoms with Crippen LogP contribution in [0.4, 0.5) is 8.78 Å². The van der Waals surface area contributed by atoms with Gasteiger partial charge in [-0.15, -0.1) is 0 Å². The number of hydrogen-bond acceptors (Lipinski definition) is 3. The zero-order valence-electron chi connectivity index (χ0n) is 12.0. The Morgan fingerprint density at radius 2 is 1.95 bits per heavy atom. The van der Waals surface area contributed by atoms with Crippen LogP contribution < -0.4 is 5.32 Å². The Kier molecular flexibility index (Phi) is 4.73. The van der Waals surface area contributed by atoms with Gasteiger partial charge in [-0.3, -0.25) is 4.90 Å². The molecule has 0 bridgehead atoms. The number of rotatable bonds is 4. The molecule has 1 aromatic rings. The highest BCUT2D eigenvalue weighted by atomic mass is 19.2. The van der Waals surface area contributed by atoms with Crippen LogP contribution in [0, 0.1) is 17.0 Å². The third-order valence-corrected chi connectivity index (χ3v) is 3.94. The molecule has 0 radical (unpaired) electrons. The Hall–Kier alpha value is -1.04. The zero-order valence-corrected chi connectivity index (χ0v) is 12.0. The quantitative estimate of drug-likeness (QED) is 0.887. The van der Waals surface area contributed by atoms with E-state index in [1.807, 2.05) is 13.8 Å². The van der Waals surface area contributed by atoms with Crippen LogP contribution in [0.1, 0.15) is 25.5 Å². The topological polar surface area (TPSA) is 35.5 Å². The largest absolute Gasteiger partial charge is 0.396 e. The monoisotopic (exact) mass is 284 g/mol. The number of hydrogen-bond donors (Lipinski definition) is 2. The fourth-order valence-electron chi connectivity index (χ4n) is 2.87. The third kappa shape index (κ3) is 3.00. The highest BCUT2D eigenvalue weighted by molar-refractivity contribution is 5.25. The molecule has 0 amide bonds. The molecule has 0 spiro atoms. The van der Waals surface area contributed by atoms with E-state index in [-0.39, 0.29) is 12.6 Å².